The van der Waals surface area contributed by atoms with Crippen LogP contribution in [0.5, 0.6) is 5.88 Å². The molecule has 0 atom stereocenters. The van der Waals surface area contributed by atoms with Crippen LogP contribution in [-0.2, 0) is 6.54 Å². The summed E-state index contributed by atoms with van der Waals surface area (Å²) in [6.07, 6.45) is 4.27. The Morgan fingerprint density at radius 1 is 1.18 bits per heavy atom. The van der Waals surface area contributed by atoms with Gasteiger partial charge in [0.15, 0.2) is 0 Å². The number of benzene rings is 1. The molecule has 44 heavy (non-hydrogen) atoms. The summed E-state index contributed by atoms with van der Waals surface area (Å²) in [6, 6.07) is 10.2. The predicted molar refractivity (Wildman–Crippen MR) is 155 cm³/mol. The van der Waals surface area contributed by atoms with Crippen molar-refractivity contribution in [3.63, 3.8) is 0 Å². The fourth-order valence-electron chi connectivity index (χ4n) is 5.12. The largest absolute Gasteiger partial charge is 0.417 e. The second kappa shape index (κ2) is 12.5. The molecule has 1 aliphatic carbocycles. The highest BCUT2D eigenvalue weighted by Gasteiger charge is 2.42. The average Bonchev–Trinajstić information content (AvgIpc) is 3.81. The van der Waals surface area contributed by atoms with Crippen LogP contribution in [0.15, 0.2) is 47.4 Å². The van der Waals surface area contributed by atoms with Gasteiger partial charge in [-0.25, -0.2) is 4.39 Å². The fraction of sp³-hybridized carbons (Fsp3) is 0.387. The Morgan fingerprint density at radius 3 is 2.57 bits per heavy atom. The molecule has 1 saturated heterocycles. The molecule has 10 nitrogen and oxygen atoms in total. The summed E-state index contributed by atoms with van der Waals surface area (Å²) >= 11 is 0. The van der Waals surface area contributed by atoms with Gasteiger partial charge in [0.1, 0.15) is 17.1 Å². The number of nitrogens with one attached hydrogen (secondary N) is 2. The fourth-order valence-corrected chi connectivity index (χ4v) is 5.12. The van der Waals surface area contributed by atoms with Crippen molar-refractivity contribution in [1.82, 2.24) is 19.8 Å². The number of hydrogen-bond acceptors (Lipinski definition) is 7. The van der Waals surface area contributed by atoms with E-state index in [-0.39, 0.29) is 52.8 Å². The topological polar surface area (TPSA) is 129 Å². The van der Waals surface area contributed by atoms with Crippen LogP contribution < -0.4 is 20.9 Å². The van der Waals surface area contributed by atoms with Crippen LogP contribution >= 0.6 is 0 Å². The maximum absolute atomic E-state index is 14.2. The van der Waals surface area contributed by atoms with Crippen molar-refractivity contribution in [2.24, 2.45) is 0 Å². The molecule has 13 heteroatoms. The Labute approximate surface area is 251 Å². The molecule has 0 radical (unpaired) electrons. The number of rotatable bonds is 11. The smallest absolute Gasteiger partial charge is 0.388 e. The van der Waals surface area contributed by atoms with E-state index >= 15 is 0 Å². The first kappa shape index (κ1) is 30.7. The molecule has 2 N–H and O–H groups in total. The molecule has 2 aliphatic rings. The number of aromatic nitrogens is 2. The number of carbonyl (C=O) groups excluding carboxylic acids is 2. The monoisotopic (exact) mass is 608 g/mol. The maximum atomic E-state index is 14.2. The molecule has 0 spiro atoms. The number of carbonyl (C=O) groups is 2. The van der Waals surface area contributed by atoms with Crippen molar-refractivity contribution in [2.75, 3.05) is 25.0 Å². The highest BCUT2D eigenvalue weighted by atomic mass is 19.3. The van der Waals surface area contributed by atoms with E-state index in [0.29, 0.717) is 6.54 Å². The van der Waals surface area contributed by atoms with Gasteiger partial charge in [0.2, 0.25) is 5.88 Å². The lowest BCUT2D eigenvalue weighted by molar-refractivity contribution is -0.0527. The number of nitriles is 1. The molecule has 2 fully saturated rings. The van der Waals surface area contributed by atoms with Gasteiger partial charge in [-0.2, -0.15) is 19.0 Å². The average molecular weight is 609 g/mol. The van der Waals surface area contributed by atoms with Gasteiger partial charge in [0.05, 0.1) is 24.7 Å². The molecule has 1 aliphatic heterocycles. The van der Waals surface area contributed by atoms with Crippen LogP contribution in [0.4, 0.5) is 19.0 Å². The number of anilines is 1. The van der Waals surface area contributed by atoms with E-state index in [4.69, 9.17) is 0 Å². The summed E-state index contributed by atoms with van der Waals surface area (Å²) in [5.41, 5.74) is -0.866. The molecule has 5 rings (SSSR count). The van der Waals surface area contributed by atoms with Gasteiger partial charge in [0.25, 0.3) is 17.4 Å². The summed E-state index contributed by atoms with van der Waals surface area (Å²) in [7, 11) is 0. The maximum Gasteiger partial charge on any atom is 0.388 e. The van der Waals surface area contributed by atoms with Gasteiger partial charge < -0.3 is 24.8 Å². The number of amides is 2. The Bertz CT molecular complexity index is 1690. The molecular weight excluding hydrogens is 577 g/mol. The van der Waals surface area contributed by atoms with E-state index in [1.54, 1.807) is 10.8 Å². The molecule has 3 heterocycles. The van der Waals surface area contributed by atoms with Crippen molar-refractivity contribution in [1.29, 1.82) is 5.26 Å². The summed E-state index contributed by atoms with van der Waals surface area (Å²) in [5, 5.41) is 15.2. The number of halogens is 3. The Balaban J connectivity index is 1.52. The molecule has 2 aromatic heterocycles. The molecule has 3 aromatic rings. The Hall–Kier alpha value is -4.70. The van der Waals surface area contributed by atoms with Crippen molar-refractivity contribution in [2.45, 2.75) is 58.0 Å². The van der Waals surface area contributed by atoms with Crippen molar-refractivity contribution >= 4 is 17.6 Å². The van der Waals surface area contributed by atoms with E-state index in [9.17, 15) is 32.8 Å². The number of pyridine rings is 2. The second-order valence-corrected chi connectivity index (χ2v) is 11.2. The number of nitrogens with zero attached hydrogens (tertiary/aromatic N) is 4. The Morgan fingerprint density at radius 2 is 1.93 bits per heavy atom. The van der Waals surface area contributed by atoms with Crippen LogP contribution in [0.25, 0.3) is 11.1 Å². The van der Waals surface area contributed by atoms with Crippen molar-refractivity contribution in [3.8, 4) is 23.1 Å². The molecule has 1 aromatic carbocycles. The third-order valence-corrected chi connectivity index (χ3v) is 7.31. The van der Waals surface area contributed by atoms with Gasteiger partial charge in [0, 0.05) is 30.4 Å². The van der Waals surface area contributed by atoms with E-state index in [0.717, 1.165) is 37.4 Å². The van der Waals surface area contributed by atoms with Gasteiger partial charge in [-0.05, 0) is 73.7 Å². The van der Waals surface area contributed by atoms with Gasteiger partial charge in [-0.15, -0.1) is 0 Å². The molecule has 0 unspecified atom stereocenters. The summed E-state index contributed by atoms with van der Waals surface area (Å²) < 4.78 is 46.8. The van der Waals surface area contributed by atoms with Gasteiger partial charge in [-0.3, -0.25) is 14.4 Å². The first-order valence-electron chi connectivity index (χ1n) is 14.2. The lowest BCUT2D eigenvalue weighted by Gasteiger charge is -2.42. The quantitative estimate of drug-likeness (QED) is 0.303. The summed E-state index contributed by atoms with van der Waals surface area (Å²) in [5.74, 6) is -2.12. The van der Waals surface area contributed by atoms with Crippen LogP contribution in [-0.4, -0.2) is 58.2 Å². The highest BCUT2D eigenvalue weighted by molar-refractivity contribution is 6.05. The lowest BCUT2D eigenvalue weighted by Crippen LogP contribution is -2.59. The minimum atomic E-state index is -3.25. The first-order chi connectivity index (χ1) is 21.0. The first-order valence-corrected chi connectivity index (χ1v) is 14.2. The standard InChI is InChI=1S/C31H31F3N6O4/c1-3-8-36-14-19-10-24(29(43)40(15-19)21-5-6-21)27(41)38-25-11-20(12-26(37-25)44-30(32)33)22-7-4-18(13-35)9-23(22)28(42)39-16-31(2,34)17-39/h4,7,9-12,15,21,30,36H,3,5-6,8,14,16-17H2,1-2H3,(H,37,38,41). The minimum Gasteiger partial charge on any atom is -0.417 e. The summed E-state index contributed by atoms with van der Waals surface area (Å²) in [4.78, 5) is 45.2. The number of hydrogen-bond donors (Lipinski definition) is 2. The highest BCUT2D eigenvalue weighted by Crippen LogP contribution is 2.35. The van der Waals surface area contributed by atoms with Gasteiger partial charge >= 0.3 is 6.61 Å². The number of ether oxygens (including phenoxy) is 1. The lowest BCUT2D eigenvalue weighted by atomic mass is 9.93. The molecule has 2 amide bonds. The zero-order valence-electron chi connectivity index (χ0n) is 24.2. The van der Waals surface area contributed by atoms with Gasteiger partial charge in [-0.1, -0.05) is 13.0 Å². The molecular formula is C31H31F3N6O4. The van der Waals surface area contributed by atoms with Crippen molar-refractivity contribution in [3.05, 3.63) is 75.2 Å². The van der Waals surface area contributed by atoms with Crippen LogP contribution in [0.3, 0.4) is 0 Å². The van der Waals surface area contributed by atoms with E-state index in [2.05, 4.69) is 20.4 Å². The number of likely N-dealkylation sites (tertiary alicyclic amines) is 1. The van der Waals surface area contributed by atoms with E-state index in [1.807, 2.05) is 13.0 Å². The summed E-state index contributed by atoms with van der Waals surface area (Å²) in [6.45, 7) is 1.03. The number of alkyl halides is 3. The van der Waals surface area contributed by atoms with E-state index < -0.39 is 35.5 Å². The van der Waals surface area contributed by atoms with Crippen molar-refractivity contribution < 1.29 is 27.5 Å². The molecule has 1 saturated carbocycles. The predicted octanol–water partition coefficient (Wildman–Crippen LogP) is 4.65. The third-order valence-electron chi connectivity index (χ3n) is 7.31. The normalized spacial score (nSPS) is 15.4. The Kier molecular flexibility index (Phi) is 8.73. The minimum absolute atomic E-state index is 0.00156. The van der Waals surface area contributed by atoms with Crippen LogP contribution in [0.1, 0.15) is 71.0 Å². The zero-order valence-corrected chi connectivity index (χ0v) is 24.2. The zero-order chi connectivity index (χ0) is 31.6. The second-order valence-electron chi connectivity index (χ2n) is 11.2. The van der Waals surface area contributed by atoms with Crippen LogP contribution in [0, 0.1) is 11.3 Å². The molecule has 0 bridgehead atoms. The van der Waals surface area contributed by atoms with Crippen LogP contribution in [0.2, 0.25) is 0 Å². The van der Waals surface area contributed by atoms with E-state index in [1.165, 1.54) is 42.2 Å². The SMILES string of the molecule is CCCNCc1cc(C(=O)Nc2cc(-c3ccc(C#N)cc3C(=O)N3CC(C)(F)C3)cc(OC(F)F)n2)c(=O)n(C2CC2)c1. The molecule has 230 valence electrons. The third kappa shape index (κ3) is 6.92.